The predicted octanol–water partition coefficient (Wildman–Crippen LogP) is 6.07. The maximum absolute atomic E-state index is 12.1. The number of hydrogen-bond donors (Lipinski definition) is 2. The van der Waals surface area contributed by atoms with Crippen LogP contribution >= 0.6 is 46.3 Å². The molecule has 0 saturated heterocycles. The molecule has 3 aromatic rings. The van der Waals surface area contributed by atoms with Gasteiger partial charge in [-0.15, -0.1) is 23.1 Å². The van der Waals surface area contributed by atoms with Crippen LogP contribution in [0.4, 0.5) is 9.93 Å². The minimum Gasteiger partial charge on any atom is -0.497 e. The molecule has 0 atom stereocenters. The van der Waals surface area contributed by atoms with Gasteiger partial charge in [-0.1, -0.05) is 29.3 Å². The molecule has 0 saturated carbocycles. The van der Waals surface area contributed by atoms with E-state index in [9.17, 15) is 4.79 Å². The molecule has 0 aliphatic heterocycles. The van der Waals surface area contributed by atoms with Crippen molar-refractivity contribution in [3.05, 3.63) is 69.1 Å². The van der Waals surface area contributed by atoms with Gasteiger partial charge in [0.25, 0.3) is 0 Å². The van der Waals surface area contributed by atoms with Gasteiger partial charge >= 0.3 is 6.03 Å². The van der Waals surface area contributed by atoms with E-state index in [1.807, 2.05) is 35.7 Å². The lowest BCUT2D eigenvalue weighted by Crippen LogP contribution is -2.28. The highest BCUT2D eigenvalue weighted by Crippen LogP contribution is 2.26. The zero-order valence-electron chi connectivity index (χ0n) is 14.9. The van der Waals surface area contributed by atoms with Crippen LogP contribution in [0.3, 0.4) is 0 Å². The number of thiazole rings is 1. The molecule has 146 valence electrons. The molecule has 0 fully saturated rings. The number of ether oxygens (including phenoxy) is 1. The standard InChI is InChI=1S/C19H17Cl2N3O2S2/c1-26-14-3-5-15(6-4-14)27-10-13-11-28-19(23-13)24-18(25)22-9-12-2-7-16(20)17(21)8-12/h2-8,11H,9-10H2,1H3,(H2,22,23,24,25). The van der Waals surface area contributed by atoms with Crippen molar-refractivity contribution in [3.8, 4) is 5.75 Å². The average Bonchev–Trinajstić information content (AvgIpc) is 3.15. The molecule has 0 bridgehead atoms. The molecular weight excluding hydrogens is 437 g/mol. The molecule has 3 rings (SSSR count). The highest BCUT2D eigenvalue weighted by atomic mass is 35.5. The molecule has 0 radical (unpaired) electrons. The number of nitrogens with zero attached hydrogens (tertiary/aromatic N) is 1. The number of benzene rings is 2. The number of anilines is 1. The summed E-state index contributed by atoms with van der Waals surface area (Å²) in [6.07, 6.45) is 0. The summed E-state index contributed by atoms with van der Waals surface area (Å²) >= 11 is 14.9. The molecule has 28 heavy (non-hydrogen) atoms. The second-order valence-corrected chi connectivity index (χ2v) is 8.39. The molecular formula is C19H17Cl2N3O2S2. The number of amides is 2. The van der Waals surface area contributed by atoms with E-state index in [4.69, 9.17) is 27.9 Å². The second-order valence-electron chi connectivity index (χ2n) is 5.66. The van der Waals surface area contributed by atoms with Crippen molar-refractivity contribution in [2.24, 2.45) is 0 Å². The zero-order chi connectivity index (χ0) is 19.9. The first-order chi connectivity index (χ1) is 13.5. The minimum absolute atomic E-state index is 0.324. The number of hydrogen-bond acceptors (Lipinski definition) is 5. The fourth-order valence-electron chi connectivity index (χ4n) is 2.23. The molecule has 5 nitrogen and oxygen atoms in total. The smallest absolute Gasteiger partial charge is 0.321 e. The Bertz CT molecular complexity index is 949. The fourth-order valence-corrected chi connectivity index (χ4v) is 4.16. The van der Waals surface area contributed by atoms with Crippen LogP contribution in [0.1, 0.15) is 11.3 Å². The fraction of sp³-hybridized carbons (Fsp3) is 0.158. The first kappa shape index (κ1) is 20.8. The number of thioether (sulfide) groups is 1. The Morgan fingerprint density at radius 2 is 1.96 bits per heavy atom. The molecule has 2 aromatic carbocycles. The van der Waals surface area contributed by atoms with Gasteiger partial charge in [-0.3, -0.25) is 5.32 Å². The van der Waals surface area contributed by atoms with E-state index in [0.717, 1.165) is 27.7 Å². The van der Waals surface area contributed by atoms with Gasteiger partial charge in [0.1, 0.15) is 5.75 Å². The van der Waals surface area contributed by atoms with Crippen molar-refractivity contribution in [2.45, 2.75) is 17.2 Å². The number of methoxy groups -OCH3 is 1. The van der Waals surface area contributed by atoms with E-state index in [2.05, 4.69) is 15.6 Å². The number of aromatic nitrogens is 1. The summed E-state index contributed by atoms with van der Waals surface area (Å²) in [5.74, 6) is 1.55. The molecule has 2 amide bonds. The van der Waals surface area contributed by atoms with E-state index in [1.54, 1.807) is 31.0 Å². The summed E-state index contributed by atoms with van der Waals surface area (Å²) in [4.78, 5) is 17.6. The van der Waals surface area contributed by atoms with Crippen molar-refractivity contribution in [2.75, 3.05) is 12.4 Å². The molecule has 2 N–H and O–H groups in total. The van der Waals surface area contributed by atoms with Gasteiger partial charge in [-0.2, -0.15) is 0 Å². The van der Waals surface area contributed by atoms with Crippen LogP contribution in [0.5, 0.6) is 5.75 Å². The molecule has 0 unspecified atom stereocenters. The summed E-state index contributed by atoms with van der Waals surface area (Å²) in [6, 6.07) is 12.8. The number of nitrogens with one attached hydrogen (secondary N) is 2. The van der Waals surface area contributed by atoms with Crippen LogP contribution in [0.2, 0.25) is 10.0 Å². The van der Waals surface area contributed by atoms with Gasteiger partial charge in [-0.05, 0) is 42.0 Å². The van der Waals surface area contributed by atoms with E-state index in [-0.39, 0.29) is 6.03 Å². The number of halogens is 2. The maximum Gasteiger partial charge on any atom is 0.321 e. The van der Waals surface area contributed by atoms with Crippen LogP contribution in [0.15, 0.2) is 52.7 Å². The monoisotopic (exact) mass is 453 g/mol. The molecule has 0 spiro atoms. The lowest BCUT2D eigenvalue weighted by Gasteiger charge is -2.06. The van der Waals surface area contributed by atoms with Gasteiger partial charge < -0.3 is 10.1 Å². The number of urea groups is 1. The van der Waals surface area contributed by atoms with Gasteiger partial charge in [0, 0.05) is 22.6 Å². The maximum atomic E-state index is 12.1. The first-order valence-corrected chi connectivity index (χ1v) is 10.9. The molecule has 0 aliphatic carbocycles. The van der Waals surface area contributed by atoms with Crippen molar-refractivity contribution < 1.29 is 9.53 Å². The third kappa shape index (κ3) is 6.04. The molecule has 1 heterocycles. The predicted molar refractivity (Wildman–Crippen MR) is 117 cm³/mol. The number of rotatable bonds is 7. The van der Waals surface area contributed by atoms with Crippen LogP contribution in [-0.2, 0) is 12.3 Å². The van der Waals surface area contributed by atoms with Crippen LogP contribution < -0.4 is 15.4 Å². The Hall–Kier alpha value is -1.93. The van der Waals surface area contributed by atoms with E-state index in [0.29, 0.717) is 21.7 Å². The topological polar surface area (TPSA) is 63.2 Å². The van der Waals surface area contributed by atoms with E-state index < -0.39 is 0 Å². The largest absolute Gasteiger partial charge is 0.497 e. The Morgan fingerprint density at radius 1 is 1.18 bits per heavy atom. The van der Waals surface area contributed by atoms with Crippen molar-refractivity contribution in [3.63, 3.8) is 0 Å². The lowest BCUT2D eigenvalue weighted by atomic mass is 10.2. The number of carbonyl (C=O) groups is 1. The Morgan fingerprint density at radius 3 is 2.68 bits per heavy atom. The van der Waals surface area contributed by atoms with Gasteiger partial charge in [-0.25, -0.2) is 9.78 Å². The second kappa shape index (κ2) is 10.0. The number of carbonyl (C=O) groups excluding carboxylic acids is 1. The van der Waals surface area contributed by atoms with Crippen molar-refractivity contribution in [1.29, 1.82) is 0 Å². The minimum atomic E-state index is -0.324. The summed E-state index contributed by atoms with van der Waals surface area (Å²) in [7, 11) is 1.65. The normalized spacial score (nSPS) is 10.5. The molecule has 1 aromatic heterocycles. The Kier molecular flexibility index (Phi) is 7.44. The third-order valence-electron chi connectivity index (χ3n) is 3.66. The van der Waals surface area contributed by atoms with Gasteiger partial charge in [0.2, 0.25) is 0 Å². The SMILES string of the molecule is COc1ccc(SCc2csc(NC(=O)NCc3ccc(Cl)c(Cl)c3)n2)cc1. The van der Waals surface area contributed by atoms with Crippen LogP contribution in [-0.4, -0.2) is 18.1 Å². The lowest BCUT2D eigenvalue weighted by molar-refractivity contribution is 0.251. The summed E-state index contributed by atoms with van der Waals surface area (Å²) < 4.78 is 5.15. The van der Waals surface area contributed by atoms with Gasteiger partial charge in [0.15, 0.2) is 5.13 Å². The third-order valence-corrected chi connectivity index (χ3v) is 6.25. The molecule has 0 aliphatic rings. The quantitative estimate of drug-likeness (QED) is 0.425. The van der Waals surface area contributed by atoms with Crippen LogP contribution in [0, 0.1) is 0 Å². The summed E-state index contributed by atoms with van der Waals surface area (Å²) in [5, 5.41) is 8.95. The van der Waals surface area contributed by atoms with Crippen LogP contribution in [0.25, 0.3) is 0 Å². The van der Waals surface area contributed by atoms with E-state index >= 15 is 0 Å². The Labute approximate surface area is 181 Å². The van der Waals surface area contributed by atoms with Crippen molar-refractivity contribution in [1.82, 2.24) is 10.3 Å². The summed E-state index contributed by atoms with van der Waals surface area (Å²) in [6.45, 7) is 0.342. The average molecular weight is 454 g/mol. The summed E-state index contributed by atoms with van der Waals surface area (Å²) in [5.41, 5.74) is 1.77. The highest BCUT2D eigenvalue weighted by Gasteiger charge is 2.08. The molecule has 9 heteroatoms. The van der Waals surface area contributed by atoms with E-state index in [1.165, 1.54) is 11.3 Å². The first-order valence-electron chi connectivity index (χ1n) is 8.23. The van der Waals surface area contributed by atoms with Crippen molar-refractivity contribution >= 4 is 57.5 Å². The Balaban J connectivity index is 1.46. The van der Waals surface area contributed by atoms with Gasteiger partial charge in [0.05, 0.1) is 22.8 Å². The zero-order valence-corrected chi connectivity index (χ0v) is 18.0. The highest BCUT2D eigenvalue weighted by molar-refractivity contribution is 7.98.